The van der Waals surface area contributed by atoms with Crippen LogP contribution in [0, 0.1) is 0 Å². The average molecular weight is 172 g/mol. The zero-order valence-electron chi connectivity index (χ0n) is 8.58. The molecule has 2 atom stereocenters. The van der Waals surface area contributed by atoms with Crippen LogP contribution in [0.5, 0.6) is 0 Å². The summed E-state index contributed by atoms with van der Waals surface area (Å²) in [7, 11) is 8.21. The maximum absolute atomic E-state index is 5.33. The van der Waals surface area contributed by atoms with Crippen molar-refractivity contribution in [1.29, 1.82) is 0 Å². The van der Waals surface area contributed by atoms with Crippen molar-refractivity contribution in [3.63, 3.8) is 0 Å². The number of rotatable bonds is 3. The number of hydrogen-bond acceptors (Lipinski definition) is 3. The van der Waals surface area contributed by atoms with Crippen molar-refractivity contribution >= 4 is 0 Å². The van der Waals surface area contributed by atoms with Crippen LogP contribution in [0.1, 0.15) is 6.42 Å². The number of methoxy groups -OCH3 is 1. The summed E-state index contributed by atoms with van der Waals surface area (Å²) in [6, 6.07) is 0.671. The van der Waals surface area contributed by atoms with E-state index in [4.69, 9.17) is 4.74 Å². The zero-order chi connectivity index (χ0) is 9.14. The fourth-order valence-corrected chi connectivity index (χ4v) is 1.83. The van der Waals surface area contributed by atoms with Gasteiger partial charge >= 0.3 is 0 Å². The van der Waals surface area contributed by atoms with Gasteiger partial charge in [-0.1, -0.05) is 0 Å². The standard InChI is InChI=1S/C9H20N2O/c1-10(2)6-8-5-9(12-4)7-11(8)3/h8-9H,5-7H2,1-4H3/t8-,9-/m0/s1. The van der Waals surface area contributed by atoms with E-state index in [1.54, 1.807) is 7.11 Å². The third-order valence-electron chi connectivity index (χ3n) is 2.56. The van der Waals surface area contributed by atoms with Crippen LogP contribution in [-0.2, 0) is 4.74 Å². The van der Waals surface area contributed by atoms with Gasteiger partial charge in [-0.05, 0) is 27.6 Å². The van der Waals surface area contributed by atoms with Crippen molar-refractivity contribution in [3.8, 4) is 0 Å². The molecule has 0 unspecified atom stereocenters. The van der Waals surface area contributed by atoms with Crippen LogP contribution in [0.3, 0.4) is 0 Å². The first kappa shape index (κ1) is 9.96. The van der Waals surface area contributed by atoms with Crippen LogP contribution in [0.15, 0.2) is 0 Å². The molecule has 1 heterocycles. The van der Waals surface area contributed by atoms with Crippen LogP contribution in [-0.4, -0.2) is 63.3 Å². The summed E-state index contributed by atoms with van der Waals surface area (Å²) in [5, 5.41) is 0. The second-order valence-electron chi connectivity index (χ2n) is 3.95. The summed E-state index contributed by atoms with van der Waals surface area (Å²) in [5.41, 5.74) is 0. The third-order valence-corrected chi connectivity index (χ3v) is 2.56. The van der Waals surface area contributed by atoms with E-state index >= 15 is 0 Å². The Morgan fingerprint density at radius 2 is 2.17 bits per heavy atom. The van der Waals surface area contributed by atoms with E-state index in [1.165, 1.54) is 6.42 Å². The Balaban J connectivity index is 2.35. The molecule has 1 saturated heterocycles. The molecule has 0 aromatic carbocycles. The maximum Gasteiger partial charge on any atom is 0.0713 e. The SMILES string of the molecule is CO[C@H]1C[C@@H](CN(C)C)N(C)C1. The Morgan fingerprint density at radius 1 is 1.50 bits per heavy atom. The van der Waals surface area contributed by atoms with Crippen LogP contribution < -0.4 is 0 Å². The molecule has 1 aliphatic rings. The van der Waals surface area contributed by atoms with Gasteiger partial charge in [-0.25, -0.2) is 0 Å². The van der Waals surface area contributed by atoms with Crippen molar-refractivity contribution in [2.45, 2.75) is 18.6 Å². The highest BCUT2D eigenvalue weighted by Gasteiger charge is 2.29. The Morgan fingerprint density at radius 3 is 2.58 bits per heavy atom. The summed E-state index contributed by atoms with van der Waals surface area (Å²) in [6.45, 7) is 2.21. The quantitative estimate of drug-likeness (QED) is 0.607. The molecular weight excluding hydrogens is 152 g/mol. The molecule has 0 aromatic rings. The van der Waals surface area contributed by atoms with Gasteiger partial charge in [-0.2, -0.15) is 0 Å². The number of likely N-dealkylation sites (tertiary alicyclic amines) is 1. The van der Waals surface area contributed by atoms with Gasteiger partial charge in [0.15, 0.2) is 0 Å². The van der Waals surface area contributed by atoms with E-state index < -0.39 is 0 Å². The molecule has 1 fully saturated rings. The summed E-state index contributed by atoms with van der Waals surface area (Å²) in [4.78, 5) is 4.62. The van der Waals surface area contributed by atoms with Crippen molar-refractivity contribution in [2.75, 3.05) is 41.3 Å². The molecule has 3 nitrogen and oxygen atoms in total. The largest absolute Gasteiger partial charge is 0.380 e. The molecule has 12 heavy (non-hydrogen) atoms. The molecule has 0 saturated carbocycles. The van der Waals surface area contributed by atoms with Gasteiger partial charge in [0.25, 0.3) is 0 Å². The molecule has 0 aromatic heterocycles. The summed E-state index contributed by atoms with van der Waals surface area (Å²) in [5.74, 6) is 0. The van der Waals surface area contributed by atoms with Gasteiger partial charge in [0.2, 0.25) is 0 Å². The monoisotopic (exact) mass is 172 g/mol. The summed E-state index contributed by atoms with van der Waals surface area (Å²) < 4.78 is 5.33. The Labute approximate surface area is 75.3 Å². The first-order valence-corrected chi connectivity index (χ1v) is 4.51. The van der Waals surface area contributed by atoms with E-state index in [9.17, 15) is 0 Å². The maximum atomic E-state index is 5.33. The molecule has 0 N–H and O–H groups in total. The molecule has 1 aliphatic heterocycles. The van der Waals surface area contributed by atoms with Gasteiger partial charge in [0.1, 0.15) is 0 Å². The number of nitrogens with zero attached hydrogens (tertiary/aromatic N) is 2. The predicted octanol–water partition coefficient (Wildman–Crippen LogP) is 0.267. The highest BCUT2D eigenvalue weighted by Crippen LogP contribution is 2.17. The third kappa shape index (κ3) is 2.44. The lowest BCUT2D eigenvalue weighted by molar-refractivity contribution is 0.111. The number of ether oxygens (including phenoxy) is 1. The molecule has 0 radical (unpaired) electrons. The first-order valence-electron chi connectivity index (χ1n) is 4.51. The lowest BCUT2D eigenvalue weighted by atomic mass is 10.2. The molecule has 0 spiro atoms. The lowest BCUT2D eigenvalue weighted by Gasteiger charge is -2.22. The van der Waals surface area contributed by atoms with Gasteiger partial charge in [-0.15, -0.1) is 0 Å². The van der Waals surface area contributed by atoms with E-state index in [2.05, 4.69) is 30.9 Å². The molecule has 0 bridgehead atoms. The molecule has 0 amide bonds. The molecule has 1 rings (SSSR count). The van der Waals surface area contributed by atoms with Gasteiger partial charge < -0.3 is 9.64 Å². The second kappa shape index (κ2) is 4.21. The highest BCUT2D eigenvalue weighted by molar-refractivity contribution is 4.84. The van der Waals surface area contributed by atoms with Gasteiger partial charge in [-0.3, -0.25) is 4.90 Å². The van der Waals surface area contributed by atoms with Crippen LogP contribution >= 0.6 is 0 Å². The first-order chi connectivity index (χ1) is 5.63. The summed E-state index contributed by atoms with van der Waals surface area (Å²) >= 11 is 0. The van der Waals surface area contributed by atoms with Crippen LogP contribution in [0.4, 0.5) is 0 Å². The van der Waals surface area contributed by atoms with Gasteiger partial charge in [0.05, 0.1) is 6.10 Å². The zero-order valence-corrected chi connectivity index (χ0v) is 8.58. The van der Waals surface area contributed by atoms with E-state index in [1.807, 2.05) is 0 Å². The lowest BCUT2D eigenvalue weighted by Crippen LogP contribution is -2.34. The Kier molecular flexibility index (Phi) is 3.50. The van der Waals surface area contributed by atoms with Crippen LogP contribution in [0.2, 0.25) is 0 Å². The fourth-order valence-electron chi connectivity index (χ4n) is 1.83. The predicted molar refractivity (Wildman–Crippen MR) is 50.4 cm³/mol. The summed E-state index contributed by atoms with van der Waals surface area (Å²) in [6.07, 6.45) is 1.62. The molecule has 3 heteroatoms. The minimum Gasteiger partial charge on any atom is -0.380 e. The van der Waals surface area contributed by atoms with E-state index in [-0.39, 0.29) is 0 Å². The van der Waals surface area contributed by atoms with Crippen LogP contribution in [0.25, 0.3) is 0 Å². The molecule has 0 aliphatic carbocycles. The van der Waals surface area contributed by atoms with Crippen molar-refractivity contribution in [3.05, 3.63) is 0 Å². The van der Waals surface area contributed by atoms with Crippen molar-refractivity contribution in [2.24, 2.45) is 0 Å². The van der Waals surface area contributed by atoms with Gasteiger partial charge in [0, 0.05) is 26.2 Å². The van der Waals surface area contributed by atoms with E-state index in [0.29, 0.717) is 12.1 Å². The average Bonchev–Trinajstić information content (AvgIpc) is 2.31. The minimum absolute atomic E-state index is 0.444. The van der Waals surface area contributed by atoms with E-state index in [0.717, 1.165) is 13.1 Å². The Hall–Kier alpha value is -0.120. The topological polar surface area (TPSA) is 15.7 Å². The van der Waals surface area contributed by atoms with Crippen molar-refractivity contribution in [1.82, 2.24) is 9.80 Å². The second-order valence-corrected chi connectivity index (χ2v) is 3.95. The fraction of sp³-hybridized carbons (Fsp3) is 1.00. The minimum atomic E-state index is 0.444. The highest BCUT2D eigenvalue weighted by atomic mass is 16.5. The van der Waals surface area contributed by atoms with Crippen molar-refractivity contribution < 1.29 is 4.74 Å². The Bertz CT molecular complexity index is 138. The normalized spacial score (nSPS) is 31.8. The molecular formula is C9H20N2O. The smallest absolute Gasteiger partial charge is 0.0713 e. The number of likely N-dealkylation sites (N-methyl/N-ethyl adjacent to an activating group) is 2. The number of hydrogen-bond donors (Lipinski definition) is 0. The molecule has 72 valence electrons.